The van der Waals surface area contributed by atoms with E-state index in [0.29, 0.717) is 30.1 Å². The van der Waals surface area contributed by atoms with Crippen LogP contribution in [-0.4, -0.2) is 28.8 Å². The number of nitrogens with two attached hydrogens (primary N) is 1. The van der Waals surface area contributed by atoms with Crippen LogP contribution < -0.4 is 5.73 Å². The van der Waals surface area contributed by atoms with Crippen molar-refractivity contribution in [1.82, 2.24) is 0 Å². The lowest BCUT2D eigenvalue weighted by atomic mass is 9.44. The number of carbonyl (C=O) groups excluding carboxylic acids is 1. The van der Waals surface area contributed by atoms with Gasteiger partial charge in [0, 0.05) is 6.42 Å². The lowest BCUT2D eigenvalue weighted by Crippen LogP contribution is -2.58. The SMILES string of the molecule is CC(N)OC1C[C@@]2(C)C(CC[C@@H]3[C@@H]2CC[C@@]2(C)[C@H]3CC[C@]2(C)O)CC1=O. The summed E-state index contributed by atoms with van der Waals surface area (Å²) in [7, 11) is 0. The van der Waals surface area contributed by atoms with E-state index in [1.165, 1.54) is 12.8 Å². The molecule has 0 aromatic carbocycles. The summed E-state index contributed by atoms with van der Waals surface area (Å²) in [6.45, 7) is 8.64. The van der Waals surface area contributed by atoms with Gasteiger partial charge in [0.2, 0.25) is 0 Å². The molecule has 0 saturated heterocycles. The molecule has 0 aromatic heterocycles. The zero-order valence-electron chi connectivity index (χ0n) is 17.0. The average Bonchev–Trinajstić information content (AvgIpc) is 2.78. The molecule has 0 radical (unpaired) electrons. The Morgan fingerprint density at radius 2 is 1.81 bits per heavy atom. The molecular weight excluding hydrogens is 326 g/mol. The minimum atomic E-state index is -0.524. The molecular formula is C22H37NO3. The normalized spacial score (nSPS) is 55.0. The van der Waals surface area contributed by atoms with Gasteiger partial charge in [0.1, 0.15) is 12.3 Å². The third-order valence-corrected chi connectivity index (χ3v) is 9.44. The summed E-state index contributed by atoms with van der Waals surface area (Å²) >= 11 is 0. The van der Waals surface area contributed by atoms with Crippen molar-refractivity contribution in [2.75, 3.05) is 0 Å². The Labute approximate surface area is 158 Å². The number of aliphatic hydroxyl groups is 1. The highest BCUT2D eigenvalue weighted by Crippen LogP contribution is 2.68. The monoisotopic (exact) mass is 363 g/mol. The van der Waals surface area contributed by atoms with Crippen LogP contribution in [0.2, 0.25) is 0 Å². The molecule has 4 fully saturated rings. The fourth-order valence-electron chi connectivity index (χ4n) is 7.70. The maximum Gasteiger partial charge on any atom is 0.161 e. The van der Waals surface area contributed by atoms with Crippen LogP contribution in [0.25, 0.3) is 0 Å². The first kappa shape index (κ1) is 18.9. The number of ketones is 1. The van der Waals surface area contributed by atoms with E-state index in [4.69, 9.17) is 10.5 Å². The van der Waals surface area contributed by atoms with E-state index in [1.54, 1.807) is 0 Å². The molecule has 4 rings (SSSR count). The highest BCUT2D eigenvalue weighted by molar-refractivity contribution is 5.84. The van der Waals surface area contributed by atoms with Crippen molar-refractivity contribution >= 4 is 5.78 Å². The Morgan fingerprint density at radius 3 is 2.50 bits per heavy atom. The molecule has 4 aliphatic rings. The van der Waals surface area contributed by atoms with Gasteiger partial charge in [-0.25, -0.2) is 0 Å². The Bertz CT molecular complexity index is 588. The van der Waals surface area contributed by atoms with Crippen LogP contribution in [0.4, 0.5) is 0 Å². The second-order valence-electron chi connectivity index (χ2n) is 10.6. The lowest BCUT2D eigenvalue weighted by Gasteiger charge is -2.61. The van der Waals surface area contributed by atoms with E-state index in [0.717, 1.165) is 32.1 Å². The number of carbonyl (C=O) groups is 1. The van der Waals surface area contributed by atoms with Gasteiger partial charge in [0.05, 0.1) is 5.60 Å². The van der Waals surface area contributed by atoms with E-state index >= 15 is 0 Å². The van der Waals surface area contributed by atoms with Crippen molar-refractivity contribution in [3.63, 3.8) is 0 Å². The van der Waals surface area contributed by atoms with Gasteiger partial charge in [-0.05, 0) is 93.3 Å². The summed E-state index contributed by atoms with van der Waals surface area (Å²) in [5, 5.41) is 11.0. The fraction of sp³-hybridized carbons (Fsp3) is 0.955. The maximum atomic E-state index is 12.6. The zero-order chi connectivity index (χ0) is 18.9. The molecule has 0 spiro atoms. The quantitative estimate of drug-likeness (QED) is 0.735. The van der Waals surface area contributed by atoms with E-state index in [1.807, 2.05) is 6.92 Å². The van der Waals surface area contributed by atoms with Gasteiger partial charge in [-0.15, -0.1) is 0 Å². The first-order chi connectivity index (χ1) is 12.1. The molecule has 3 N–H and O–H groups in total. The predicted molar refractivity (Wildman–Crippen MR) is 101 cm³/mol. The molecule has 0 aliphatic heterocycles. The first-order valence-electron chi connectivity index (χ1n) is 10.7. The number of hydrogen-bond acceptors (Lipinski definition) is 4. The van der Waals surface area contributed by atoms with Crippen molar-refractivity contribution in [1.29, 1.82) is 0 Å². The summed E-state index contributed by atoms with van der Waals surface area (Å²) in [6.07, 6.45) is 7.56. The fourth-order valence-corrected chi connectivity index (χ4v) is 7.70. The van der Waals surface area contributed by atoms with Gasteiger partial charge >= 0.3 is 0 Å². The summed E-state index contributed by atoms with van der Waals surface area (Å²) in [5.41, 5.74) is 5.55. The highest BCUT2D eigenvalue weighted by atomic mass is 16.5. The number of rotatable bonds is 2. The zero-order valence-corrected chi connectivity index (χ0v) is 17.0. The molecule has 0 heterocycles. The topological polar surface area (TPSA) is 72.6 Å². The molecule has 4 nitrogen and oxygen atoms in total. The van der Waals surface area contributed by atoms with Crippen LogP contribution in [0, 0.1) is 34.5 Å². The van der Waals surface area contributed by atoms with Crippen LogP contribution in [0.3, 0.4) is 0 Å². The maximum absolute atomic E-state index is 12.6. The molecule has 26 heavy (non-hydrogen) atoms. The third-order valence-electron chi connectivity index (χ3n) is 9.44. The largest absolute Gasteiger partial charge is 0.390 e. The number of hydrogen-bond donors (Lipinski definition) is 2. The van der Waals surface area contributed by atoms with E-state index in [2.05, 4.69) is 20.8 Å². The summed E-state index contributed by atoms with van der Waals surface area (Å²) in [6, 6.07) is 0. The van der Waals surface area contributed by atoms with Crippen LogP contribution in [0.1, 0.15) is 79.1 Å². The van der Waals surface area contributed by atoms with Crippen LogP contribution in [0.5, 0.6) is 0 Å². The Morgan fingerprint density at radius 1 is 1.12 bits per heavy atom. The number of Topliss-reactive ketones (excluding diaryl/α,β-unsaturated/α-hetero) is 1. The van der Waals surface area contributed by atoms with E-state index < -0.39 is 5.60 Å². The van der Waals surface area contributed by atoms with Gasteiger partial charge in [0.25, 0.3) is 0 Å². The first-order valence-corrected chi connectivity index (χ1v) is 10.7. The van der Waals surface area contributed by atoms with E-state index in [-0.39, 0.29) is 28.9 Å². The predicted octanol–water partition coefficient (Wildman–Crippen LogP) is 3.65. The van der Waals surface area contributed by atoms with Crippen molar-refractivity contribution in [3.8, 4) is 0 Å². The minimum Gasteiger partial charge on any atom is -0.390 e. The Kier molecular flexibility index (Phi) is 4.38. The average molecular weight is 364 g/mol. The van der Waals surface area contributed by atoms with Gasteiger partial charge in [-0.3, -0.25) is 4.79 Å². The molecule has 0 amide bonds. The van der Waals surface area contributed by atoms with Gasteiger partial charge in [-0.1, -0.05) is 13.8 Å². The highest BCUT2D eigenvalue weighted by Gasteiger charge is 2.63. The van der Waals surface area contributed by atoms with Crippen LogP contribution in [0.15, 0.2) is 0 Å². The molecule has 4 heteroatoms. The Balaban J connectivity index is 1.61. The molecule has 0 bridgehead atoms. The van der Waals surface area contributed by atoms with Crippen LogP contribution in [-0.2, 0) is 9.53 Å². The van der Waals surface area contributed by atoms with Gasteiger partial charge in [0.15, 0.2) is 5.78 Å². The third kappa shape index (κ3) is 2.55. The molecule has 4 aliphatic carbocycles. The molecule has 0 aromatic rings. The van der Waals surface area contributed by atoms with E-state index in [9.17, 15) is 9.90 Å². The van der Waals surface area contributed by atoms with Gasteiger partial charge < -0.3 is 15.6 Å². The number of fused-ring (bicyclic) bond motifs is 5. The van der Waals surface area contributed by atoms with Gasteiger partial charge in [-0.2, -0.15) is 0 Å². The molecule has 4 saturated carbocycles. The second kappa shape index (κ2) is 6.02. The van der Waals surface area contributed by atoms with Crippen LogP contribution >= 0.6 is 0 Å². The number of ether oxygens (including phenoxy) is 1. The second-order valence-corrected chi connectivity index (χ2v) is 10.6. The van der Waals surface area contributed by atoms with Crippen molar-refractivity contribution in [2.45, 2.75) is 97.0 Å². The minimum absolute atomic E-state index is 0.0591. The smallest absolute Gasteiger partial charge is 0.161 e. The summed E-state index contributed by atoms with van der Waals surface area (Å²) in [4.78, 5) is 12.6. The van der Waals surface area contributed by atoms with Crippen molar-refractivity contribution < 1.29 is 14.6 Å². The molecule has 9 atom stereocenters. The van der Waals surface area contributed by atoms with Crippen molar-refractivity contribution in [3.05, 3.63) is 0 Å². The summed E-state index contributed by atoms with van der Waals surface area (Å²) in [5.74, 6) is 2.72. The Hall–Kier alpha value is -0.450. The lowest BCUT2D eigenvalue weighted by molar-refractivity contribution is -0.173. The van der Waals surface area contributed by atoms with Crippen molar-refractivity contribution in [2.24, 2.45) is 40.2 Å². The standard InChI is InChI=1S/C22H37NO3/c1-13(23)26-19-12-20(2)14(11-18(19)24)5-6-15-16(20)7-9-21(3)17(15)8-10-22(21,4)25/h13-17,19,25H,5-12,23H2,1-4H3/t13?,14?,15-,16+,17+,19?,20+,21+,22+/m1/s1. The summed E-state index contributed by atoms with van der Waals surface area (Å²) < 4.78 is 5.83. The molecule has 3 unspecified atom stereocenters. The molecule has 148 valence electrons.